The number of pyridine rings is 1. The second kappa shape index (κ2) is 3.65. The lowest BCUT2D eigenvalue weighted by atomic mass is 10.2. The van der Waals surface area contributed by atoms with Crippen LogP contribution in [0.4, 0.5) is 0 Å². The monoisotopic (exact) mass is 189 g/mol. The zero-order valence-electron chi connectivity index (χ0n) is 7.29. The highest BCUT2D eigenvalue weighted by molar-refractivity contribution is 6.34. The van der Waals surface area contributed by atoms with Crippen LogP contribution in [0.3, 0.4) is 0 Å². The zero-order valence-corrected chi connectivity index (χ0v) is 7.29. The summed E-state index contributed by atoms with van der Waals surface area (Å²) in [4.78, 5) is 4.11. The van der Waals surface area contributed by atoms with E-state index < -0.39 is 7.32 Å². The molecule has 70 valence electrons. The van der Waals surface area contributed by atoms with E-state index in [1.165, 1.54) is 0 Å². The van der Waals surface area contributed by atoms with Crippen molar-refractivity contribution < 1.29 is 14.7 Å². The van der Waals surface area contributed by atoms with E-state index in [2.05, 4.69) is 4.98 Å². The van der Waals surface area contributed by atoms with Crippen LogP contribution in [-0.2, 0) is 0 Å². The lowest BCUT2D eigenvalue weighted by Crippen LogP contribution is -2.20. The Morgan fingerprint density at radius 2 is 2.00 bits per heavy atom. The molecule has 0 saturated heterocycles. The van der Waals surface area contributed by atoms with Crippen molar-refractivity contribution >= 4 is 18.2 Å². The van der Waals surface area contributed by atoms with Crippen molar-refractivity contribution in [3.8, 4) is 5.75 Å². The van der Waals surface area contributed by atoms with Crippen molar-refractivity contribution in [1.82, 2.24) is 4.98 Å². The number of aromatic nitrogens is 1. The Hall–Kier alpha value is -1.59. The third kappa shape index (κ3) is 1.68. The van der Waals surface area contributed by atoms with Crippen molar-refractivity contribution in [3.63, 3.8) is 0 Å². The van der Waals surface area contributed by atoms with Gasteiger partial charge in [0.1, 0.15) is 5.75 Å². The van der Waals surface area contributed by atoms with E-state index in [0.717, 1.165) is 10.9 Å². The first kappa shape index (κ1) is 8.99. The van der Waals surface area contributed by atoms with E-state index in [9.17, 15) is 0 Å². The first-order valence-electron chi connectivity index (χ1n) is 4.14. The molecular weight excluding hydrogens is 181 g/mol. The summed E-state index contributed by atoms with van der Waals surface area (Å²) in [6.45, 7) is 0. The third-order valence-electron chi connectivity index (χ3n) is 1.84. The Morgan fingerprint density at radius 1 is 1.14 bits per heavy atom. The van der Waals surface area contributed by atoms with Gasteiger partial charge in [-0.05, 0) is 24.3 Å². The quantitative estimate of drug-likeness (QED) is 0.678. The third-order valence-corrected chi connectivity index (χ3v) is 1.84. The number of hydrogen-bond acceptors (Lipinski definition) is 4. The van der Waals surface area contributed by atoms with Gasteiger partial charge in [-0.1, -0.05) is 6.07 Å². The Morgan fingerprint density at radius 3 is 2.79 bits per heavy atom. The van der Waals surface area contributed by atoms with Gasteiger partial charge in [0, 0.05) is 11.6 Å². The number of hydrogen-bond donors (Lipinski definition) is 2. The molecular formula is C9H8BNO3. The Bertz CT molecular complexity index is 442. The average Bonchev–Trinajstić information content (AvgIpc) is 2.18. The van der Waals surface area contributed by atoms with Gasteiger partial charge in [-0.3, -0.25) is 4.98 Å². The summed E-state index contributed by atoms with van der Waals surface area (Å²) in [6.07, 6.45) is 1.67. The van der Waals surface area contributed by atoms with E-state index in [-0.39, 0.29) is 0 Å². The second-order valence-corrected chi connectivity index (χ2v) is 2.77. The first-order valence-corrected chi connectivity index (χ1v) is 4.14. The van der Waals surface area contributed by atoms with Gasteiger partial charge in [-0.25, -0.2) is 0 Å². The summed E-state index contributed by atoms with van der Waals surface area (Å²) in [5.41, 5.74) is 0.755. The molecule has 2 rings (SSSR count). The molecule has 2 aromatic rings. The lowest BCUT2D eigenvalue weighted by molar-refractivity contribution is 0.289. The predicted molar refractivity (Wildman–Crippen MR) is 52.6 cm³/mol. The number of benzene rings is 1. The summed E-state index contributed by atoms with van der Waals surface area (Å²) < 4.78 is 4.80. The highest BCUT2D eigenvalue weighted by atomic mass is 16.6. The van der Waals surface area contributed by atoms with E-state index in [1.54, 1.807) is 30.5 Å². The largest absolute Gasteiger partial charge is 0.707 e. The molecule has 0 fully saturated rings. The van der Waals surface area contributed by atoms with Gasteiger partial charge in [0.05, 0.1) is 5.52 Å². The topological polar surface area (TPSA) is 62.6 Å². The maximum Gasteiger partial charge on any atom is 0.707 e. The van der Waals surface area contributed by atoms with Crippen LogP contribution < -0.4 is 4.65 Å². The molecule has 0 atom stereocenters. The van der Waals surface area contributed by atoms with E-state index in [1.807, 2.05) is 6.07 Å². The predicted octanol–water partition coefficient (Wildman–Crippen LogP) is 0.583. The van der Waals surface area contributed by atoms with Crippen LogP contribution in [0.15, 0.2) is 36.5 Å². The molecule has 0 aliphatic rings. The fourth-order valence-corrected chi connectivity index (χ4v) is 1.29. The smallest absolute Gasteiger partial charge is 0.511 e. The van der Waals surface area contributed by atoms with Crippen LogP contribution in [0.25, 0.3) is 10.9 Å². The standard InChI is InChI=1S/C9H8BNO3/c12-10(13)14-9-5-1-4-8-7(9)3-2-6-11-8/h1-6,12-13H. The molecule has 0 unspecified atom stereocenters. The van der Waals surface area contributed by atoms with Gasteiger partial charge in [0.2, 0.25) is 0 Å². The average molecular weight is 189 g/mol. The minimum absolute atomic E-state index is 0.408. The van der Waals surface area contributed by atoms with Crippen molar-refractivity contribution in [3.05, 3.63) is 36.5 Å². The van der Waals surface area contributed by atoms with Crippen molar-refractivity contribution in [2.24, 2.45) is 0 Å². The van der Waals surface area contributed by atoms with Crippen molar-refractivity contribution in [1.29, 1.82) is 0 Å². The summed E-state index contributed by atoms with van der Waals surface area (Å²) in [5.74, 6) is 0.408. The molecule has 1 aromatic heterocycles. The van der Waals surface area contributed by atoms with Crippen molar-refractivity contribution in [2.45, 2.75) is 0 Å². The van der Waals surface area contributed by atoms with Crippen LogP contribution >= 0.6 is 0 Å². The maximum absolute atomic E-state index is 8.68. The van der Waals surface area contributed by atoms with Crippen LogP contribution in [0.2, 0.25) is 0 Å². The summed E-state index contributed by atoms with van der Waals surface area (Å²) in [5, 5.41) is 18.1. The number of nitrogens with zero attached hydrogens (tertiary/aromatic N) is 1. The van der Waals surface area contributed by atoms with E-state index >= 15 is 0 Å². The highest BCUT2D eigenvalue weighted by Crippen LogP contribution is 2.23. The first-order chi connectivity index (χ1) is 6.77. The molecule has 0 bridgehead atoms. The fraction of sp³-hybridized carbons (Fsp3) is 0. The molecule has 0 saturated carbocycles. The summed E-state index contributed by atoms with van der Waals surface area (Å²) >= 11 is 0. The summed E-state index contributed by atoms with van der Waals surface area (Å²) in [7, 11) is -1.80. The minimum Gasteiger partial charge on any atom is -0.511 e. The number of rotatable bonds is 2. The zero-order chi connectivity index (χ0) is 9.97. The Kier molecular flexibility index (Phi) is 2.34. The van der Waals surface area contributed by atoms with Gasteiger partial charge < -0.3 is 14.7 Å². The molecule has 14 heavy (non-hydrogen) atoms. The van der Waals surface area contributed by atoms with E-state index in [4.69, 9.17) is 14.7 Å². The van der Waals surface area contributed by atoms with Crippen LogP contribution in [0, 0.1) is 0 Å². The Labute approximate surface area is 81.0 Å². The normalized spacial score (nSPS) is 10.1. The lowest BCUT2D eigenvalue weighted by Gasteiger charge is -2.06. The molecule has 0 aliphatic heterocycles. The molecule has 0 amide bonds. The second-order valence-electron chi connectivity index (χ2n) is 2.77. The molecule has 0 spiro atoms. The minimum atomic E-state index is -1.80. The van der Waals surface area contributed by atoms with Crippen LogP contribution in [-0.4, -0.2) is 22.4 Å². The molecule has 5 heteroatoms. The number of fused-ring (bicyclic) bond motifs is 1. The van der Waals surface area contributed by atoms with Crippen molar-refractivity contribution in [2.75, 3.05) is 0 Å². The molecule has 0 aliphatic carbocycles. The molecule has 2 N–H and O–H groups in total. The van der Waals surface area contributed by atoms with Gasteiger partial charge >= 0.3 is 7.32 Å². The Balaban J connectivity index is 2.53. The molecule has 1 heterocycles. The van der Waals surface area contributed by atoms with Gasteiger partial charge in [-0.15, -0.1) is 0 Å². The van der Waals surface area contributed by atoms with E-state index in [0.29, 0.717) is 5.75 Å². The van der Waals surface area contributed by atoms with Crippen LogP contribution in [0.5, 0.6) is 5.75 Å². The SMILES string of the molecule is OB(O)Oc1cccc2ncccc12. The van der Waals surface area contributed by atoms with Gasteiger partial charge in [-0.2, -0.15) is 0 Å². The van der Waals surface area contributed by atoms with Crippen LogP contribution in [0.1, 0.15) is 0 Å². The van der Waals surface area contributed by atoms with Gasteiger partial charge in [0.25, 0.3) is 0 Å². The fourth-order valence-electron chi connectivity index (χ4n) is 1.29. The molecule has 1 aromatic carbocycles. The molecule has 4 nitrogen and oxygen atoms in total. The summed E-state index contributed by atoms with van der Waals surface area (Å²) in [6, 6.07) is 8.79. The van der Waals surface area contributed by atoms with Gasteiger partial charge in [0.15, 0.2) is 0 Å². The molecule has 0 radical (unpaired) electrons. The maximum atomic E-state index is 8.68. The highest BCUT2D eigenvalue weighted by Gasteiger charge is 2.12.